The summed E-state index contributed by atoms with van der Waals surface area (Å²) in [5.74, 6) is -2.16. The van der Waals surface area contributed by atoms with Crippen LogP contribution in [0.4, 0.5) is 5.69 Å². The molecule has 0 saturated carbocycles. The summed E-state index contributed by atoms with van der Waals surface area (Å²) < 4.78 is 10.1. The van der Waals surface area contributed by atoms with E-state index in [-0.39, 0.29) is 37.9 Å². The second-order valence-electron chi connectivity index (χ2n) is 7.07. The van der Waals surface area contributed by atoms with Crippen molar-refractivity contribution in [1.29, 1.82) is 0 Å². The van der Waals surface area contributed by atoms with Crippen LogP contribution < -0.4 is 4.90 Å². The summed E-state index contributed by atoms with van der Waals surface area (Å²) in [6, 6.07) is 13.4. The second-order valence-corrected chi connectivity index (χ2v) is 7.07. The van der Waals surface area contributed by atoms with Crippen molar-refractivity contribution in [1.82, 2.24) is 0 Å². The van der Waals surface area contributed by atoms with Gasteiger partial charge in [0.25, 0.3) is 0 Å². The SMILES string of the molecule is CCOC(=O)c1ccc(N2CC(C(=O)OCC(=O)c3ccc(C)cc3)CC2=O)cc1. The lowest BCUT2D eigenvalue weighted by molar-refractivity contribution is -0.147. The Kier molecular flexibility index (Phi) is 6.61. The highest BCUT2D eigenvalue weighted by Crippen LogP contribution is 2.26. The predicted octanol–water partition coefficient (Wildman–Crippen LogP) is 2.95. The van der Waals surface area contributed by atoms with E-state index in [1.54, 1.807) is 43.3 Å². The minimum Gasteiger partial charge on any atom is -0.462 e. The molecule has 1 unspecified atom stereocenters. The van der Waals surface area contributed by atoms with Gasteiger partial charge in [-0.25, -0.2) is 4.79 Å². The molecule has 0 aromatic heterocycles. The molecule has 1 fully saturated rings. The van der Waals surface area contributed by atoms with Crippen LogP contribution in [0.1, 0.15) is 39.6 Å². The zero-order chi connectivity index (χ0) is 21.7. The molecule has 156 valence electrons. The Morgan fingerprint density at radius 3 is 2.23 bits per heavy atom. The number of ketones is 1. The molecule has 1 aliphatic rings. The molecule has 0 N–H and O–H groups in total. The number of amides is 1. The molecule has 0 aliphatic carbocycles. The highest BCUT2D eigenvalue weighted by molar-refractivity contribution is 6.01. The van der Waals surface area contributed by atoms with Gasteiger partial charge in [0.05, 0.1) is 18.1 Å². The molecular formula is C23H23NO6. The summed E-state index contributed by atoms with van der Waals surface area (Å²) in [7, 11) is 0. The number of hydrogen-bond acceptors (Lipinski definition) is 6. The Bertz CT molecular complexity index is 949. The zero-order valence-electron chi connectivity index (χ0n) is 16.9. The average Bonchev–Trinajstić information content (AvgIpc) is 3.14. The maximum Gasteiger partial charge on any atom is 0.338 e. The summed E-state index contributed by atoms with van der Waals surface area (Å²) in [6.45, 7) is 3.72. The molecule has 1 atom stereocenters. The molecule has 3 rings (SSSR count). The largest absolute Gasteiger partial charge is 0.462 e. The van der Waals surface area contributed by atoms with Gasteiger partial charge in [-0.05, 0) is 38.1 Å². The van der Waals surface area contributed by atoms with Crippen molar-refractivity contribution < 1.29 is 28.7 Å². The number of carbonyl (C=O) groups excluding carboxylic acids is 4. The van der Waals surface area contributed by atoms with Crippen LogP contribution in [0.2, 0.25) is 0 Å². The molecule has 7 nitrogen and oxygen atoms in total. The third-order valence-electron chi connectivity index (χ3n) is 4.87. The van der Waals surface area contributed by atoms with E-state index in [4.69, 9.17) is 9.47 Å². The lowest BCUT2D eigenvalue weighted by Gasteiger charge is -2.17. The summed E-state index contributed by atoms with van der Waals surface area (Å²) in [6.07, 6.45) is 0.0111. The number of aryl methyl sites for hydroxylation is 1. The predicted molar refractivity (Wildman–Crippen MR) is 109 cm³/mol. The van der Waals surface area contributed by atoms with Gasteiger partial charge >= 0.3 is 11.9 Å². The number of benzene rings is 2. The zero-order valence-corrected chi connectivity index (χ0v) is 16.9. The van der Waals surface area contributed by atoms with E-state index in [1.165, 1.54) is 4.90 Å². The van der Waals surface area contributed by atoms with Gasteiger partial charge in [-0.15, -0.1) is 0 Å². The third-order valence-corrected chi connectivity index (χ3v) is 4.87. The van der Waals surface area contributed by atoms with E-state index in [0.717, 1.165) is 5.56 Å². The molecule has 1 heterocycles. The Morgan fingerprint density at radius 2 is 1.60 bits per heavy atom. The number of rotatable bonds is 7. The Morgan fingerprint density at radius 1 is 0.967 bits per heavy atom. The van der Waals surface area contributed by atoms with Gasteiger partial charge in [-0.2, -0.15) is 0 Å². The lowest BCUT2D eigenvalue weighted by Crippen LogP contribution is -2.27. The average molecular weight is 409 g/mol. The molecule has 1 aliphatic heterocycles. The number of nitrogens with zero attached hydrogens (tertiary/aromatic N) is 1. The van der Waals surface area contributed by atoms with Crippen LogP contribution in [0.5, 0.6) is 0 Å². The first-order valence-corrected chi connectivity index (χ1v) is 9.73. The van der Waals surface area contributed by atoms with Crippen molar-refractivity contribution in [3.63, 3.8) is 0 Å². The van der Waals surface area contributed by atoms with Gasteiger partial charge in [0.1, 0.15) is 0 Å². The van der Waals surface area contributed by atoms with E-state index in [9.17, 15) is 19.2 Å². The standard InChI is InChI=1S/C23H23NO6/c1-3-29-22(27)17-8-10-19(11-9-17)24-13-18(12-21(24)26)23(28)30-14-20(25)16-6-4-15(2)5-7-16/h4-11,18H,3,12-14H2,1-2H3. The van der Waals surface area contributed by atoms with Gasteiger partial charge in [0, 0.05) is 24.2 Å². The molecule has 2 aromatic carbocycles. The van der Waals surface area contributed by atoms with Crippen LogP contribution >= 0.6 is 0 Å². The highest BCUT2D eigenvalue weighted by Gasteiger charge is 2.36. The quantitative estimate of drug-likeness (QED) is 0.516. The molecule has 0 spiro atoms. The van der Waals surface area contributed by atoms with E-state index < -0.39 is 17.9 Å². The molecule has 1 saturated heterocycles. The summed E-state index contributed by atoms with van der Waals surface area (Å²) >= 11 is 0. The number of esters is 2. The first-order chi connectivity index (χ1) is 14.4. The molecule has 0 bridgehead atoms. The molecule has 0 radical (unpaired) electrons. The molecule has 7 heteroatoms. The van der Waals surface area contributed by atoms with Crippen molar-refractivity contribution in [3.05, 3.63) is 65.2 Å². The molecular weight excluding hydrogens is 386 g/mol. The highest BCUT2D eigenvalue weighted by atomic mass is 16.5. The van der Waals surface area contributed by atoms with Crippen molar-refractivity contribution in [2.75, 3.05) is 24.7 Å². The minimum absolute atomic E-state index is 0.0111. The second kappa shape index (κ2) is 9.35. The Labute approximate surface area is 174 Å². The molecule has 1 amide bonds. The van der Waals surface area contributed by atoms with Gasteiger partial charge in [-0.1, -0.05) is 29.8 Å². The van der Waals surface area contributed by atoms with Crippen molar-refractivity contribution in [2.24, 2.45) is 5.92 Å². The van der Waals surface area contributed by atoms with Crippen LogP contribution in [0.25, 0.3) is 0 Å². The maximum absolute atomic E-state index is 12.4. The molecule has 2 aromatic rings. The van der Waals surface area contributed by atoms with Crippen molar-refractivity contribution in [2.45, 2.75) is 20.3 Å². The van der Waals surface area contributed by atoms with E-state index in [2.05, 4.69) is 0 Å². The fraction of sp³-hybridized carbons (Fsp3) is 0.304. The number of carbonyl (C=O) groups is 4. The summed E-state index contributed by atoms with van der Waals surface area (Å²) in [5.41, 5.74) is 2.47. The fourth-order valence-electron chi connectivity index (χ4n) is 3.18. The van der Waals surface area contributed by atoms with E-state index >= 15 is 0 Å². The smallest absolute Gasteiger partial charge is 0.338 e. The summed E-state index contributed by atoms with van der Waals surface area (Å²) in [4.78, 5) is 50.1. The van der Waals surface area contributed by atoms with Gasteiger partial charge in [0.2, 0.25) is 5.91 Å². The van der Waals surface area contributed by atoms with Crippen LogP contribution in [0.3, 0.4) is 0 Å². The van der Waals surface area contributed by atoms with Crippen LogP contribution in [-0.2, 0) is 19.1 Å². The number of ether oxygens (including phenoxy) is 2. The van der Waals surface area contributed by atoms with Crippen LogP contribution in [0, 0.1) is 12.8 Å². The fourth-order valence-corrected chi connectivity index (χ4v) is 3.18. The third kappa shape index (κ3) is 4.92. The maximum atomic E-state index is 12.4. The van der Waals surface area contributed by atoms with Gasteiger partial charge < -0.3 is 14.4 Å². The lowest BCUT2D eigenvalue weighted by atomic mass is 10.1. The van der Waals surface area contributed by atoms with Crippen molar-refractivity contribution in [3.8, 4) is 0 Å². The normalized spacial score (nSPS) is 15.7. The molecule has 30 heavy (non-hydrogen) atoms. The summed E-state index contributed by atoms with van der Waals surface area (Å²) in [5, 5.41) is 0. The van der Waals surface area contributed by atoms with Crippen LogP contribution in [0.15, 0.2) is 48.5 Å². The first-order valence-electron chi connectivity index (χ1n) is 9.73. The minimum atomic E-state index is -0.645. The van der Waals surface area contributed by atoms with Gasteiger partial charge in [0.15, 0.2) is 12.4 Å². The first kappa shape index (κ1) is 21.2. The van der Waals surface area contributed by atoms with Crippen molar-refractivity contribution >= 4 is 29.3 Å². The van der Waals surface area contributed by atoms with Crippen LogP contribution in [-0.4, -0.2) is 43.4 Å². The van der Waals surface area contributed by atoms with Gasteiger partial charge in [-0.3, -0.25) is 14.4 Å². The number of anilines is 1. The van der Waals surface area contributed by atoms with E-state index in [0.29, 0.717) is 16.8 Å². The Balaban J connectivity index is 1.57. The topological polar surface area (TPSA) is 90.0 Å². The number of Topliss-reactive ketones (excluding diaryl/α,β-unsaturated/α-hetero) is 1. The Hall–Kier alpha value is -3.48. The number of hydrogen-bond donors (Lipinski definition) is 0. The monoisotopic (exact) mass is 409 g/mol. The van der Waals surface area contributed by atoms with E-state index in [1.807, 2.05) is 19.1 Å².